The van der Waals surface area contributed by atoms with Crippen LogP contribution in [-0.2, 0) is 11.3 Å². The smallest absolute Gasteiger partial charge is 0.255 e. The number of nitrogens with zero attached hydrogens (tertiary/aromatic N) is 4. The number of methoxy groups -OCH3 is 1. The molecule has 1 N–H and O–H groups in total. The standard InChI is InChI=1S/C25H28FN5O3/c1-17-14-19(4-9-22(17)26)28-25-27-18(2)15-23(32)31(25)16-24(33)30-12-10-29(11-13-30)20-5-7-21(34-3)8-6-20/h4-9,14-15H,10-13,16H2,1-3H3,(H,27,28). The fourth-order valence-electron chi connectivity index (χ4n) is 3.96. The third-order valence-electron chi connectivity index (χ3n) is 5.91. The first-order chi connectivity index (χ1) is 16.3. The topological polar surface area (TPSA) is 79.7 Å². The predicted molar refractivity (Wildman–Crippen MR) is 129 cm³/mol. The lowest BCUT2D eigenvalue weighted by Crippen LogP contribution is -2.50. The minimum Gasteiger partial charge on any atom is -0.497 e. The zero-order chi connectivity index (χ0) is 24.2. The molecule has 9 heteroatoms. The van der Waals surface area contributed by atoms with E-state index in [4.69, 9.17) is 4.74 Å². The van der Waals surface area contributed by atoms with Gasteiger partial charge in [-0.15, -0.1) is 0 Å². The van der Waals surface area contributed by atoms with Crippen molar-refractivity contribution in [2.75, 3.05) is 43.5 Å². The first-order valence-corrected chi connectivity index (χ1v) is 11.1. The van der Waals surface area contributed by atoms with Gasteiger partial charge in [-0.2, -0.15) is 0 Å². The molecule has 0 bridgehead atoms. The highest BCUT2D eigenvalue weighted by atomic mass is 19.1. The molecule has 1 aliphatic heterocycles. The summed E-state index contributed by atoms with van der Waals surface area (Å²) in [5.74, 6) is 0.584. The van der Waals surface area contributed by atoms with Crippen molar-refractivity contribution in [1.29, 1.82) is 0 Å². The molecule has 1 aliphatic rings. The third-order valence-corrected chi connectivity index (χ3v) is 5.91. The van der Waals surface area contributed by atoms with E-state index >= 15 is 0 Å². The number of piperazine rings is 1. The molecule has 1 saturated heterocycles. The second kappa shape index (κ2) is 9.94. The molecular formula is C25H28FN5O3. The second-order valence-corrected chi connectivity index (χ2v) is 8.30. The Labute approximate surface area is 197 Å². The zero-order valence-corrected chi connectivity index (χ0v) is 19.5. The van der Waals surface area contributed by atoms with Crippen LogP contribution in [0, 0.1) is 19.7 Å². The maximum absolute atomic E-state index is 13.6. The Morgan fingerprint density at radius 1 is 1.06 bits per heavy atom. The van der Waals surface area contributed by atoms with Gasteiger partial charge in [0.25, 0.3) is 5.56 Å². The number of aryl methyl sites for hydroxylation is 2. The van der Waals surface area contributed by atoms with E-state index in [1.165, 1.54) is 16.7 Å². The number of hydrogen-bond donors (Lipinski definition) is 1. The number of amides is 1. The van der Waals surface area contributed by atoms with Gasteiger partial charge in [0.15, 0.2) is 0 Å². The van der Waals surface area contributed by atoms with Crippen molar-refractivity contribution in [2.24, 2.45) is 0 Å². The van der Waals surface area contributed by atoms with E-state index < -0.39 is 0 Å². The Morgan fingerprint density at radius 3 is 2.41 bits per heavy atom. The maximum atomic E-state index is 13.6. The minimum absolute atomic E-state index is 0.128. The summed E-state index contributed by atoms with van der Waals surface area (Å²) in [6.45, 7) is 5.74. The molecule has 0 unspecified atom stereocenters. The lowest BCUT2D eigenvalue weighted by atomic mass is 10.2. The summed E-state index contributed by atoms with van der Waals surface area (Å²) in [5.41, 5.74) is 2.35. The molecule has 178 valence electrons. The van der Waals surface area contributed by atoms with Crippen molar-refractivity contribution in [3.05, 3.63) is 76.0 Å². The molecule has 2 heterocycles. The van der Waals surface area contributed by atoms with Gasteiger partial charge >= 0.3 is 0 Å². The van der Waals surface area contributed by atoms with Crippen molar-refractivity contribution in [3.63, 3.8) is 0 Å². The molecule has 0 saturated carbocycles. The molecule has 2 aromatic carbocycles. The molecule has 1 amide bonds. The summed E-state index contributed by atoms with van der Waals surface area (Å²) in [6, 6.07) is 13.8. The molecule has 3 aromatic rings. The van der Waals surface area contributed by atoms with Crippen LogP contribution in [0.4, 0.5) is 21.7 Å². The summed E-state index contributed by atoms with van der Waals surface area (Å²) >= 11 is 0. The van der Waals surface area contributed by atoms with E-state index in [-0.39, 0.29) is 29.8 Å². The van der Waals surface area contributed by atoms with Crippen molar-refractivity contribution >= 4 is 23.2 Å². The summed E-state index contributed by atoms with van der Waals surface area (Å²) in [6.07, 6.45) is 0. The number of hydrogen-bond acceptors (Lipinski definition) is 6. The van der Waals surface area contributed by atoms with Crippen molar-refractivity contribution in [3.8, 4) is 5.75 Å². The molecule has 4 rings (SSSR count). The van der Waals surface area contributed by atoms with E-state index in [1.807, 2.05) is 24.3 Å². The second-order valence-electron chi connectivity index (χ2n) is 8.30. The van der Waals surface area contributed by atoms with E-state index in [0.717, 1.165) is 11.4 Å². The molecule has 1 fully saturated rings. The van der Waals surface area contributed by atoms with Gasteiger partial charge in [0.05, 0.1) is 7.11 Å². The highest BCUT2D eigenvalue weighted by Crippen LogP contribution is 2.21. The van der Waals surface area contributed by atoms with Crippen molar-refractivity contribution in [1.82, 2.24) is 14.5 Å². The van der Waals surface area contributed by atoms with Crippen molar-refractivity contribution in [2.45, 2.75) is 20.4 Å². The third kappa shape index (κ3) is 5.19. The van der Waals surface area contributed by atoms with Crippen LogP contribution in [0.5, 0.6) is 5.75 Å². The normalized spacial score (nSPS) is 13.6. The molecular weight excluding hydrogens is 437 g/mol. The zero-order valence-electron chi connectivity index (χ0n) is 19.5. The molecule has 0 radical (unpaired) electrons. The lowest BCUT2D eigenvalue weighted by molar-refractivity contribution is -0.132. The summed E-state index contributed by atoms with van der Waals surface area (Å²) < 4.78 is 20.2. The van der Waals surface area contributed by atoms with Gasteiger partial charge in [-0.3, -0.25) is 14.2 Å². The Bertz CT molecular complexity index is 1230. The maximum Gasteiger partial charge on any atom is 0.255 e. The van der Waals surface area contributed by atoms with E-state index in [0.29, 0.717) is 43.1 Å². The summed E-state index contributed by atoms with van der Waals surface area (Å²) in [7, 11) is 1.63. The monoisotopic (exact) mass is 465 g/mol. The van der Waals surface area contributed by atoms with E-state index in [2.05, 4.69) is 15.2 Å². The van der Waals surface area contributed by atoms with Gasteiger partial charge in [-0.1, -0.05) is 0 Å². The Kier molecular flexibility index (Phi) is 6.81. The van der Waals surface area contributed by atoms with Gasteiger partial charge in [0, 0.05) is 49.3 Å². The number of carbonyl (C=O) groups is 1. The molecule has 8 nitrogen and oxygen atoms in total. The fourth-order valence-corrected chi connectivity index (χ4v) is 3.96. The molecule has 34 heavy (non-hydrogen) atoms. The highest BCUT2D eigenvalue weighted by molar-refractivity contribution is 5.77. The average molecular weight is 466 g/mol. The van der Waals surface area contributed by atoms with E-state index in [1.54, 1.807) is 38.0 Å². The number of nitrogens with one attached hydrogen (secondary N) is 1. The average Bonchev–Trinajstić information content (AvgIpc) is 2.83. The minimum atomic E-state index is -0.320. The van der Waals surface area contributed by atoms with E-state index in [9.17, 15) is 14.0 Å². The fraction of sp³-hybridized carbons (Fsp3) is 0.320. The summed E-state index contributed by atoms with van der Waals surface area (Å²) in [5, 5.41) is 3.06. The first-order valence-electron chi connectivity index (χ1n) is 11.1. The van der Waals surface area contributed by atoms with Crippen LogP contribution >= 0.6 is 0 Å². The molecule has 0 atom stereocenters. The Balaban J connectivity index is 1.45. The quantitative estimate of drug-likeness (QED) is 0.603. The van der Waals surface area contributed by atoms with Crippen LogP contribution in [0.3, 0.4) is 0 Å². The lowest BCUT2D eigenvalue weighted by Gasteiger charge is -2.36. The van der Waals surface area contributed by atoms with Crippen LogP contribution in [0.1, 0.15) is 11.3 Å². The van der Waals surface area contributed by atoms with Gasteiger partial charge in [0.2, 0.25) is 11.9 Å². The molecule has 0 spiro atoms. The van der Waals surface area contributed by atoms with Crippen LogP contribution in [0.25, 0.3) is 0 Å². The van der Waals surface area contributed by atoms with Crippen LogP contribution in [-0.4, -0.2) is 53.6 Å². The highest BCUT2D eigenvalue weighted by Gasteiger charge is 2.23. The number of anilines is 3. The number of aromatic nitrogens is 2. The number of halogens is 1. The number of carbonyl (C=O) groups excluding carboxylic acids is 1. The Hall–Kier alpha value is -3.88. The van der Waals surface area contributed by atoms with Gasteiger partial charge in [-0.05, 0) is 61.9 Å². The molecule has 0 aliphatic carbocycles. The van der Waals surface area contributed by atoms with Crippen LogP contribution in [0.2, 0.25) is 0 Å². The van der Waals surface area contributed by atoms with Crippen LogP contribution in [0.15, 0.2) is 53.3 Å². The van der Waals surface area contributed by atoms with Gasteiger partial charge in [0.1, 0.15) is 18.1 Å². The number of rotatable bonds is 6. The van der Waals surface area contributed by atoms with Crippen molar-refractivity contribution < 1.29 is 13.9 Å². The largest absolute Gasteiger partial charge is 0.497 e. The number of ether oxygens (including phenoxy) is 1. The van der Waals surface area contributed by atoms with Gasteiger partial charge < -0.3 is 19.9 Å². The SMILES string of the molecule is COc1ccc(N2CCN(C(=O)Cn3c(Nc4ccc(F)c(C)c4)nc(C)cc3=O)CC2)cc1. The predicted octanol–water partition coefficient (Wildman–Crippen LogP) is 3.10. The summed E-state index contributed by atoms with van der Waals surface area (Å²) in [4.78, 5) is 34.2. The van der Waals surface area contributed by atoms with Crippen LogP contribution < -0.4 is 20.5 Å². The van der Waals surface area contributed by atoms with Gasteiger partial charge in [-0.25, -0.2) is 9.37 Å². The molecule has 1 aromatic heterocycles. The Morgan fingerprint density at radius 2 is 1.76 bits per heavy atom. The number of benzene rings is 2. The first kappa shape index (κ1) is 23.3.